The van der Waals surface area contributed by atoms with Gasteiger partial charge in [0.2, 0.25) is 0 Å². The molecule has 3 nitrogen and oxygen atoms in total. The van der Waals surface area contributed by atoms with Crippen molar-refractivity contribution in [2.75, 3.05) is 0 Å². The Kier molecular flexibility index (Phi) is 1.65. The van der Waals surface area contributed by atoms with Crippen LogP contribution in [0.2, 0.25) is 0 Å². The third-order valence-electron chi connectivity index (χ3n) is 3.21. The Labute approximate surface area is 71.7 Å². The summed E-state index contributed by atoms with van der Waals surface area (Å²) in [5.41, 5.74) is -0.852. The molecular weight excluding hydrogens is 156 g/mol. The smallest absolute Gasteiger partial charge is 0.312 e. The maximum Gasteiger partial charge on any atom is 0.312 e. The summed E-state index contributed by atoms with van der Waals surface area (Å²) in [5, 5.41) is 10.1. The van der Waals surface area contributed by atoms with Crippen molar-refractivity contribution >= 4 is 5.97 Å². The van der Waals surface area contributed by atoms with Crippen molar-refractivity contribution in [3.05, 3.63) is 0 Å². The van der Waals surface area contributed by atoms with Crippen molar-refractivity contribution in [1.82, 2.24) is 0 Å². The first-order chi connectivity index (χ1) is 5.64. The topological polar surface area (TPSA) is 46.5 Å². The van der Waals surface area contributed by atoms with Crippen LogP contribution >= 0.6 is 0 Å². The van der Waals surface area contributed by atoms with Gasteiger partial charge in [0.25, 0.3) is 0 Å². The van der Waals surface area contributed by atoms with E-state index in [0.717, 1.165) is 19.3 Å². The average Bonchev–Trinajstić information content (AvgIpc) is 2.28. The highest BCUT2D eigenvalue weighted by molar-refractivity contribution is 5.76. The Morgan fingerprint density at radius 2 is 2.33 bits per heavy atom. The number of hydrogen-bond acceptors (Lipinski definition) is 3. The fourth-order valence-corrected chi connectivity index (χ4v) is 2.25. The van der Waals surface area contributed by atoms with Crippen LogP contribution in [-0.4, -0.2) is 22.8 Å². The van der Waals surface area contributed by atoms with E-state index in [1.807, 2.05) is 0 Å². The van der Waals surface area contributed by atoms with Crippen molar-refractivity contribution in [3.63, 3.8) is 0 Å². The molecule has 68 valence electrons. The molecule has 0 aromatic rings. The molecule has 1 heterocycles. The number of hydrogen-bond donors (Lipinski definition) is 1. The van der Waals surface area contributed by atoms with Gasteiger partial charge in [-0.05, 0) is 26.2 Å². The van der Waals surface area contributed by atoms with Gasteiger partial charge in [0, 0.05) is 0 Å². The number of carbonyl (C=O) groups is 1. The largest absolute Gasteiger partial charge is 0.459 e. The maximum absolute atomic E-state index is 11.2. The van der Waals surface area contributed by atoms with Crippen molar-refractivity contribution in [3.8, 4) is 0 Å². The van der Waals surface area contributed by atoms with E-state index >= 15 is 0 Å². The SMILES string of the molecule is C[C@H]1C(=O)O[C@@H]2CCCC[C@]21O. The van der Waals surface area contributed by atoms with Crippen LogP contribution in [0, 0.1) is 5.92 Å². The molecule has 1 N–H and O–H groups in total. The molecule has 3 heteroatoms. The molecule has 0 aromatic heterocycles. The van der Waals surface area contributed by atoms with Crippen molar-refractivity contribution in [2.45, 2.75) is 44.3 Å². The predicted octanol–water partition coefficient (Wildman–Crippen LogP) is 0.853. The Balaban J connectivity index is 2.25. The molecule has 2 aliphatic rings. The zero-order chi connectivity index (χ0) is 8.77. The molecule has 0 amide bonds. The van der Waals surface area contributed by atoms with Crippen molar-refractivity contribution in [1.29, 1.82) is 0 Å². The third-order valence-corrected chi connectivity index (χ3v) is 3.21. The predicted molar refractivity (Wildman–Crippen MR) is 42.5 cm³/mol. The fraction of sp³-hybridized carbons (Fsp3) is 0.889. The van der Waals surface area contributed by atoms with Gasteiger partial charge in [-0.25, -0.2) is 0 Å². The normalized spacial score (nSPS) is 47.0. The van der Waals surface area contributed by atoms with Gasteiger partial charge in [0.05, 0.1) is 5.92 Å². The molecular formula is C9H14O3. The van der Waals surface area contributed by atoms with E-state index < -0.39 is 5.60 Å². The Morgan fingerprint density at radius 1 is 1.58 bits per heavy atom. The van der Waals surface area contributed by atoms with Gasteiger partial charge >= 0.3 is 5.97 Å². The second kappa shape index (κ2) is 2.46. The number of esters is 1. The lowest BCUT2D eigenvalue weighted by Crippen LogP contribution is -2.45. The van der Waals surface area contributed by atoms with Crippen LogP contribution in [0.5, 0.6) is 0 Å². The summed E-state index contributed by atoms with van der Waals surface area (Å²) in [4.78, 5) is 11.2. The molecule has 1 aliphatic heterocycles. The van der Waals surface area contributed by atoms with E-state index in [0.29, 0.717) is 6.42 Å². The van der Waals surface area contributed by atoms with Crippen LogP contribution in [0.25, 0.3) is 0 Å². The van der Waals surface area contributed by atoms with Crippen LogP contribution in [-0.2, 0) is 9.53 Å². The molecule has 0 unspecified atom stereocenters. The quantitative estimate of drug-likeness (QED) is 0.548. The number of fused-ring (bicyclic) bond motifs is 1. The first-order valence-electron chi connectivity index (χ1n) is 4.57. The number of carbonyl (C=O) groups excluding carboxylic acids is 1. The standard InChI is InChI=1S/C9H14O3/c1-6-8(10)12-7-4-2-3-5-9(6,7)11/h6-7,11H,2-5H2,1H3/t6-,7+,9+/m0/s1. The Hall–Kier alpha value is -0.570. The molecule has 1 saturated heterocycles. The molecule has 0 spiro atoms. The first kappa shape index (κ1) is 8.05. The van der Waals surface area contributed by atoms with Gasteiger partial charge < -0.3 is 9.84 Å². The van der Waals surface area contributed by atoms with Crippen LogP contribution in [0.4, 0.5) is 0 Å². The summed E-state index contributed by atoms with van der Waals surface area (Å²) < 4.78 is 5.09. The summed E-state index contributed by atoms with van der Waals surface area (Å²) in [5.74, 6) is -0.563. The van der Waals surface area contributed by atoms with Gasteiger partial charge in [-0.1, -0.05) is 6.42 Å². The Morgan fingerprint density at radius 3 is 3.00 bits per heavy atom. The van der Waals surface area contributed by atoms with Crippen LogP contribution in [0.3, 0.4) is 0 Å². The third kappa shape index (κ3) is 0.891. The van der Waals surface area contributed by atoms with Crippen molar-refractivity contribution < 1.29 is 14.6 Å². The minimum atomic E-state index is -0.852. The van der Waals surface area contributed by atoms with Crippen LogP contribution < -0.4 is 0 Å². The zero-order valence-corrected chi connectivity index (χ0v) is 7.25. The molecule has 1 saturated carbocycles. The summed E-state index contributed by atoms with van der Waals surface area (Å²) in [6.07, 6.45) is 3.38. The lowest BCUT2D eigenvalue weighted by atomic mass is 9.76. The molecule has 0 aromatic carbocycles. The van der Waals surface area contributed by atoms with E-state index in [2.05, 4.69) is 0 Å². The molecule has 2 fully saturated rings. The van der Waals surface area contributed by atoms with Gasteiger partial charge in [0.1, 0.15) is 11.7 Å². The Bertz CT molecular complexity index is 214. The fourth-order valence-electron chi connectivity index (χ4n) is 2.25. The van der Waals surface area contributed by atoms with Gasteiger partial charge in [-0.2, -0.15) is 0 Å². The van der Waals surface area contributed by atoms with E-state index in [-0.39, 0.29) is 18.0 Å². The van der Waals surface area contributed by atoms with Crippen LogP contribution in [0.1, 0.15) is 32.6 Å². The summed E-state index contributed by atoms with van der Waals surface area (Å²) in [6.45, 7) is 1.76. The van der Waals surface area contributed by atoms with Crippen LogP contribution in [0.15, 0.2) is 0 Å². The molecule has 1 aliphatic carbocycles. The summed E-state index contributed by atoms with van der Waals surface area (Å²) >= 11 is 0. The zero-order valence-electron chi connectivity index (χ0n) is 7.25. The first-order valence-corrected chi connectivity index (χ1v) is 4.57. The van der Waals surface area contributed by atoms with Crippen molar-refractivity contribution in [2.24, 2.45) is 5.92 Å². The molecule has 0 radical (unpaired) electrons. The number of aliphatic hydroxyl groups is 1. The number of rotatable bonds is 0. The maximum atomic E-state index is 11.2. The highest BCUT2D eigenvalue weighted by atomic mass is 16.6. The summed E-state index contributed by atoms with van der Waals surface area (Å²) in [6, 6.07) is 0. The average molecular weight is 170 g/mol. The number of ether oxygens (including phenoxy) is 1. The van der Waals surface area contributed by atoms with E-state index in [4.69, 9.17) is 4.74 Å². The monoisotopic (exact) mass is 170 g/mol. The second-order valence-corrected chi connectivity index (χ2v) is 3.88. The van der Waals surface area contributed by atoms with Gasteiger partial charge in [-0.15, -0.1) is 0 Å². The highest BCUT2D eigenvalue weighted by Crippen LogP contribution is 2.42. The van der Waals surface area contributed by atoms with Gasteiger partial charge in [0.15, 0.2) is 0 Å². The van der Waals surface area contributed by atoms with Gasteiger partial charge in [-0.3, -0.25) is 4.79 Å². The second-order valence-electron chi connectivity index (χ2n) is 3.88. The molecule has 2 rings (SSSR count). The highest BCUT2D eigenvalue weighted by Gasteiger charge is 2.54. The lowest BCUT2D eigenvalue weighted by molar-refractivity contribution is -0.144. The van der Waals surface area contributed by atoms with E-state index in [1.165, 1.54) is 0 Å². The molecule has 3 atom stereocenters. The lowest BCUT2D eigenvalue weighted by Gasteiger charge is -2.33. The molecule has 0 bridgehead atoms. The minimum absolute atomic E-state index is 0.228. The molecule has 12 heavy (non-hydrogen) atoms. The van der Waals surface area contributed by atoms with E-state index in [1.54, 1.807) is 6.92 Å². The minimum Gasteiger partial charge on any atom is -0.459 e. The summed E-state index contributed by atoms with van der Waals surface area (Å²) in [7, 11) is 0. The van der Waals surface area contributed by atoms with E-state index in [9.17, 15) is 9.90 Å².